The lowest BCUT2D eigenvalue weighted by atomic mass is 9.97. The van der Waals surface area contributed by atoms with E-state index in [0.29, 0.717) is 10.9 Å². The summed E-state index contributed by atoms with van der Waals surface area (Å²) < 4.78 is 83.6. The Labute approximate surface area is 223 Å². The molecule has 3 aromatic carbocycles. The SMILES string of the molecule is CCCCCc1ccc(CCc2ccc3c(F)c(CCc4cc(F)c(OC(F)(F)F)c(F)c4)ccc3c2)nc1. The third-order valence-corrected chi connectivity index (χ3v) is 6.68. The fourth-order valence-corrected chi connectivity index (χ4v) is 4.59. The monoisotopic (exact) mass is 545 g/mol. The van der Waals surface area contributed by atoms with Gasteiger partial charge in [0.25, 0.3) is 0 Å². The molecule has 0 aliphatic carbocycles. The zero-order valence-electron chi connectivity index (χ0n) is 21.6. The number of aryl methyl sites for hydroxylation is 5. The number of unbranched alkanes of at least 4 members (excludes halogenated alkanes) is 2. The van der Waals surface area contributed by atoms with Gasteiger partial charge in [0.15, 0.2) is 11.6 Å². The first-order valence-electron chi connectivity index (χ1n) is 13.0. The zero-order valence-corrected chi connectivity index (χ0v) is 21.6. The van der Waals surface area contributed by atoms with Gasteiger partial charge < -0.3 is 4.74 Å². The van der Waals surface area contributed by atoms with Gasteiger partial charge in [-0.25, -0.2) is 13.2 Å². The van der Waals surface area contributed by atoms with Crippen LogP contribution in [0.1, 0.15) is 54.1 Å². The van der Waals surface area contributed by atoms with Gasteiger partial charge in [-0.15, -0.1) is 13.2 Å². The molecule has 0 radical (unpaired) electrons. The second kappa shape index (κ2) is 12.5. The molecule has 4 rings (SSSR count). The summed E-state index contributed by atoms with van der Waals surface area (Å²) in [5.41, 5.74) is 3.73. The molecule has 1 heterocycles. The van der Waals surface area contributed by atoms with Crippen LogP contribution in [0.15, 0.2) is 60.8 Å². The Morgan fingerprint density at radius 3 is 2.10 bits per heavy atom. The van der Waals surface area contributed by atoms with Crippen LogP contribution in [0, 0.1) is 17.5 Å². The maximum Gasteiger partial charge on any atom is 0.573 e. The lowest BCUT2D eigenvalue weighted by molar-refractivity contribution is -0.276. The Hall–Kier alpha value is -3.55. The third kappa shape index (κ3) is 7.74. The molecule has 0 N–H and O–H groups in total. The van der Waals surface area contributed by atoms with Gasteiger partial charge in [0.05, 0.1) is 0 Å². The van der Waals surface area contributed by atoms with Gasteiger partial charge in [-0.3, -0.25) is 4.98 Å². The Bertz CT molecular complexity index is 1390. The predicted octanol–water partition coefficient (Wildman–Crippen LogP) is 8.85. The summed E-state index contributed by atoms with van der Waals surface area (Å²) >= 11 is 0. The number of benzene rings is 3. The van der Waals surface area contributed by atoms with Gasteiger partial charge >= 0.3 is 6.36 Å². The van der Waals surface area contributed by atoms with Crippen LogP contribution in [-0.4, -0.2) is 11.3 Å². The number of nitrogens with zero attached hydrogens (tertiary/aromatic N) is 1. The number of hydrogen-bond acceptors (Lipinski definition) is 2. The highest BCUT2D eigenvalue weighted by molar-refractivity contribution is 5.84. The summed E-state index contributed by atoms with van der Waals surface area (Å²) in [5.74, 6) is -4.87. The normalized spacial score (nSPS) is 11.8. The van der Waals surface area contributed by atoms with Gasteiger partial charge in [-0.05, 0) is 84.4 Å². The molecule has 206 valence electrons. The van der Waals surface area contributed by atoms with Gasteiger partial charge in [0.2, 0.25) is 5.75 Å². The van der Waals surface area contributed by atoms with Crippen molar-refractivity contribution in [1.29, 1.82) is 0 Å². The topological polar surface area (TPSA) is 22.1 Å². The minimum Gasteiger partial charge on any atom is -0.399 e. The van der Waals surface area contributed by atoms with E-state index in [9.17, 15) is 22.0 Å². The molecule has 1 aromatic heterocycles. The van der Waals surface area contributed by atoms with E-state index < -0.39 is 29.6 Å². The molecule has 0 saturated carbocycles. The summed E-state index contributed by atoms with van der Waals surface area (Å²) in [7, 11) is 0. The van der Waals surface area contributed by atoms with Crippen LogP contribution < -0.4 is 4.74 Å². The number of alkyl halides is 3. The maximum absolute atomic E-state index is 15.2. The minimum absolute atomic E-state index is 0.0328. The van der Waals surface area contributed by atoms with Gasteiger partial charge in [0.1, 0.15) is 5.82 Å². The highest BCUT2D eigenvalue weighted by Gasteiger charge is 2.34. The quantitative estimate of drug-likeness (QED) is 0.139. The van der Waals surface area contributed by atoms with Gasteiger partial charge in [-0.2, -0.15) is 0 Å². The first-order valence-corrected chi connectivity index (χ1v) is 13.0. The number of pyridine rings is 1. The molecule has 0 saturated heterocycles. The van der Waals surface area contributed by atoms with Crippen molar-refractivity contribution in [1.82, 2.24) is 4.98 Å². The van der Waals surface area contributed by atoms with Crippen molar-refractivity contribution in [3.63, 3.8) is 0 Å². The standard InChI is InChI=1S/C31H29F6NO/c1-2-3-4-5-21-8-14-25(38-19-21)13-7-20-9-15-26-24(16-20)12-11-23(29(26)34)10-6-22-17-27(32)30(28(33)18-22)39-31(35,36)37/h8-9,11-12,14-19H,2-7,10,13H2,1H3. The summed E-state index contributed by atoms with van der Waals surface area (Å²) in [6.07, 6.45) is 2.99. The summed E-state index contributed by atoms with van der Waals surface area (Å²) in [6, 6.07) is 14.7. The van der Waals surface area contributed by atoms with Crippen LogP contribution in [0.25, 0.3) is 10.8 Å². The van der Waals surface area contributed by atoms with Crippen molar-refractivity contribution in [3.8, 4) is 5.75 Å². The molecule has 0 aliphatic heterocycles. The van der Waals surface area contributed by atoms with E-state index >= 15 is 4.39 Å². The largest absolute Gasteiger partial charge is 0.573 e. The molecule has 0 atom stereocenters. The molecule has 0 aliphatic rings. The highest BCUT2D eigenvalue weighted by Crippen LogP contribution is 2.30. The molecule has 0 amide bonds. The summed E-state index contributed by atoms with van der Waals surface area (Å²) in [6.45, 7) is 2.18. The van der Waals surface area contributed by atoms with Crippen molar-refractivity contribution in [2.75, 3.05) is 0 Å². The summed E-state index contributed by atoms with van der Waals surface area (Å²) in [5, 5.41) is 1.16. The van der Waals surface area contributed by atoms with E-state index in [-0.39, 0.29) is 18.4 Å². The number of hydrogen-bond donors (Lipinski definition) is 0. The molecule has 0 bridgehead atoms. The highest BCUT2D eigenvalue weighted by atomic mass is 19.4. The molecule has 0 fully saturated rings. The van der Waals surface area contributed by atoms with Crippen LogP contribution in [0.5, 0.6) is 5.75 Å². The van der Waals surface area contributed by atoms with E-state index in [0.717, 1.165) is 54.5 Å². The summed E-state index contributed by atoms with van der Waals surface area (Å²) in [4.78, 5) is 4.57. The Morgan fingerprint density at radius 2 is 1.44 bits per heavy atom. The second-order valence-electron chi connectivity index (χ2n) is 9.65. The third-order valence-electron chi connectivity index (χ3n) is 6.68. The average molecular weight is 546 g/mol. The number of ether oxygens (including phenoxy) is 1. The van der Waals surface area contributed by atoms with Crippen LogP contribution in [0.3, 0.4) is 0 Å². The molecule has 0 spiro atoms. The van der Waals surface area contributed by atoms with Gasteiger partial charge in [-0.1, -0.05) is 56.2 Å². The molecular formula is C31H29F6NO. The molecule has 39 heavy (non-hydrogen) atoms. The molecule has 8 heteroatoms. The van der Waals surface area contributed by atoms with Gasteiger partial charge in [0, 0.05) is 17.3 Å². The lowest BCUT2D eigenvalue weighted by Gasteiger charge is -2.12. The Morgan fingerprint density at radius 1 is 0.718 bits per heavy atom. The first-order chi connectivity index (χ1) is 18.6. The minimum atomic E-state index is -5.21. The van der Waals surface area contributed by atoms with Crippen molar-refractivity contribution in [2.24, 2.45) is 0 Å². The number of aromatic nitrogens is 1. The van der Waals surface area contributed by atoms with Crippen molar-refractivity contribution in [2.45, 2.75) is 64.7 Å². The van der Waals surface area contributed by atoms with Crippen LogP contribution >= 0.6 is 0 Å². The molecule has 4 aromatic rings. The van der Waals surface area contributed by atoms with E-state index in [4.69, 9.17) is 0 Å². The molecular weight excluding hydrogens is 516 g/mol. The number of fused-ring (bicyclic) bond motifs is 1. The Balaban J connectivity index is 1.39. The second-order valence-corrected chi connectivity index (χ2v) is 9.65. The number of rotatable bonds is 11. The maximum atomic E-state index is 15.2. The fourth-order valence-electron chi connectivity index (χ4n) is 4.59. The fraction of sp³-hybridized carbons (Fsp3) is 0.323. The van der Waals surface area contributed by atoms with Crippen molar-refractivity contribution < 1.29 is 31.1 Å². The van der Waals surface area contributed by atoms with Crippen molar-refractivity contribution >= 4 is 10.8 Å². The van der Waals surface area contributed by atoms with E-state index in [1.54, 1.807) is 18.2 Å². The van der Waals surface area contributed by atoms with Crippen LogP contribution in [0.4, 0.5) is 26.3 Å². The van der Waals surface area contributed by atoms with E-state index in [2.05, 4.69) is 28.8 Å². The number of halogens is 6. The van der Waals surface area contributed by atoms with E-state index in [1.165, 1.54) is 18.4 Å². The Kier molecular flexibility index (Phi) is 9.15. The van der Waals surface area contributed by atoms with Crippen LogP contribution in [0.2, 0.25) is 0 Å². The lowest BCUT2D eigenvalue weighted by Crippen LogP contribution is -2.19. The average Bonchev–Trinajstić information content (AvgIpc) is 2.89. The molecule has 2 nitrogen and oxygen atoms in total. The van der Waals surface area contributed by atoms with Crippen LogP contribution in [-0.2, 0) is 32.1 Å². The van der Waals surface area contributed by atoms with E-state index in [1.807, 2.05) is 18.3 Å². The first kappa shape index (κ1) is 28.5. The van der Waals surface area contributed by atoms with Crippen molar-refractivity contribution in [3.05, 3.63) is 106 Å². The smallest absolute Gasteiger partial charge is 0.399 e. The predicted molar refractivity (Wildman–Crippen MR) is 139 cm³/mol. The zero-order chi connectivity index (χ0) is 28.0. The molecule has 0 unspecified atom stereocenters.